The molecule has 0 radical (unpaired) electrons. The quantitative estimate of drug-likeness (QED) is 0.357. The van der Waals surface area contributed by atoms with Crippen molar-refractivity contribution in [3.63, 3.8) is 0 Å². The highest BCUT2D eigenvalue weighted by Crippen LogP contribution is 2.34. The fourth-order valence-electron chi connectivity index (χ4n) is 3.42. The Morgan fingerprint density at radius 1 is 1.32 bits per heavy atom. The highest BCUT2D eigenvalue weighted by atomic mass is 127. The van der Waals surface area contributed by atoms with Gasteiger partial charge < -0.3 is 25.2 Å². The van der Waals surface area contributed by atoms with E-state index in [-0.39, 0.29) is 24.0 Å². The molecule has 6 nitrogen and oxygen atoms in total. The van der Waals surface area contributed by atoms with Gasteiger partial charge in [0.05, 0.1) is 30.4 Å². The van der Waals surface area contributed by atoms with Crippen LogP contribution in [0.25, 0.3) is 0 Å². The molecule has 3 fully saturated rings. The standard InChI is InChI=1S/C15H27N3O3.HI/c1-2-16-14(17-10-15(19)5-7-20-8-6-15)18-12-9-11-3-4-13(12)21-11;/h11-13,19H,2-10H2,1H3,(H2,16,17,18);1H. The molecule has 0 aromatic rings. The van der Waals surface area contributed by atoms with E-state index in [4.69, 9.17) is 9.47 Å². The van der Waals surface area contributed by atoms with E-state index in [1.54, 1.807) is 0 Å². The van der Waals surface area contributed by atoms with E-state index in [0.717, 1.165) is 25.3 Å². The maximum Gasteiger partial charge on any atom is 0.191 e. The number of aliphatic imine (C=N–C) groups is 1. The first-order valence-electron chi connectivity index (χ1n) is 8.19. The van der Waals surface area contributed by atoms with Crippen molar-refractivity contribution in [2.24, 2.45) is 4.99 Å². The third-order valence-electron chi connectivity index (χ3n) is 4.73. The van der Waals surface area contributed by atoms with Gasteiger partial charge in [-0.1, -0.05) is 0 Å². The molecule has 3 saturated heterocycles. The van der Waals surface area contributed by atoms with Crippen LogP contribution < -0.4 is 10.6 Å². The lowest BCUT2D eigenvalue weighted by Crippen LogP contribution is -2.48. The fraction of sp³-hybridized carbons (Fsp3) is 0.933. The molecule has 2 bridgehead atoms. The number of nitrogens with one attached hydrogen (secondary N) is 2. The van der Waals surface area contributed by atoms with E-state index in [2.05, 4.69) is 22.5 Å². The molecule has 0 aromatic heterocycles. The summed E-state index contributed by atoms with van der Waals surface area (Å²) in [6.07, 6.45) is 5.47. The number of aliphatic hydroxyl groups is 1. The van der Waals surface area contributed by atoms with Crippen LogP contribution in [0.3, 0.4) is 0 Å². The average Bonchev–Trinajstić information content (AvgIpc) is 3.08. The predicted molar refractivity (Wildman–Crippen MR) is 95.8 cm³/mol. The third-order valence-corrected chi connectivity index (χ3v) is 4.73. The molecule has 0 saturated carbocycles. The minimum Gasteiger partial charge on any atom is -0.388 e. The number of hydrogen-bond acceptors (Lipinski definition) is 4. The summed E-state index contributed by atoms with van der Waals surface area (Å²) in [6.45, 7) is 4.53. The molecule has 0 aliphatic carbocycles. The third kappa shape index (κ3) is 4.46. The van der Waals surface area contributed by atoms with Gasteiger partial charge in [-0.05, 0) is 26.2 Å². The van der Waals surface area contributed by atoms with Gasteiger partial charge in [0.25, 0.3) is 0 Å². The Labute approximate surface area is 149 Å². The Kier molecular flexibility index (Phi) is 6.73. The monoisotopic (exact) mass is 425 g/mol. The van der Waals surface area contributed by atoms with Crippen LogP contribution >= 0.6 is 24.0 Å². The Balaban J connectivity index is 0.00000176. The normalized spacial score (nSPS) is 33.4. The van der Waals surface area contributed by atoms with E-state index < -0.39 is 5.60 Å². The molecule has 3 rings (SSSR count). The second-order valence-electron chi connectivity index (χ2n) is 6.39. The van der Waals surface area contributed by atoms with Crippen molar-refractivity contribution < 1.29 is 14.6 Å². The van der Waals surface area contributed by atoms with Crippen molar-refractivity contribution >= 4 is 29.9 Å². The van der Waals surface area contributed by atoms with Gasteiger partial charge in [0.2, 0.25) is 0 Å². The Hall–Kier alpha value is -0.120. The van der Waals surface area contributed by atoms with Crippen molar-refractivity contribution in [2.45, 2.75) is 62.9 Å². The molecular weight excluding hydrogens is 397 g/mol. The number of ether oxygens (including phenoxy) is 2. The summed E-state index contributed by atoms with van der Waals surface area (Å²) >= 11 is 0. The maximum absolute atomic E-state index is 10.5. The average molecular weight is 425 g/mol. The summed E-state index contributed by atoms with van der Waals surface area (Å²) in [5, 5.41) is 17.2. The summed E-state index contributed by atoms with van der Waals surface area (Å²) in [7, 11) is 0. The van der Waals surface area contributed by atoms with Crippen LogP contribution in [0.5, 0.6) is 0 Å². The second kappa shape index (κ2) is 8.12. The Bertz CT molecular complexity index is 388. The maximum atomic E-state index is 10.5. The van der Waals surface area contributed by atoms with E-state index in [9.17, 15) is 5.11 Å². The highest BCUT2D eigenvalue weighted by molar-refractivity contribution is 14.0. The van der Waals surface area contributed by atoms with Crippen LogP contribution in [0, 0.1) is 0 Å². The molecule has 7 heteroatoms. The first kappa shape index (κ1) is 18.2. The van der Waals surface area contributed by atoms with Crippen molar-refractivity contribution in [3.05, 3.63) is 0 Å². The van der Waals surface area contributed by atoms with Crippen molar-refractivity contribution in [2.75, 3.05) is 26.3 Å². The summed E-state index contributed by atoms with van der Waals surface area (Å²) < 4.78 is 11.2. The number of halogens is 1. The molecule has 128 valence electrons. The zero-order chi connectivity index (χ0) is 14.7. The zero-order valence-electron chi connectivity index (χ0n) is 13.2. The molecule has 3 aliphatic rings. The molecule has 3 unspecified atom stereocenters. The van der Waals surface area contributed by atoms with Gasteiger partial charge in [0.15, 0.2) is 5.96 Å². The van der Waals surface area contributed by atoms with Crippen molar-refractivity contribution in [1.82, 2.24) is 10.6 Å². The van der Waals surface area contributed by atoms with Crippen molar-refractivity contribution in [1.29, 1.82) is 0 Å². The first-order valence-corrected chi connectivity index (χ1v) is 8.19. The highest BCUT2D eigenvalue weighted by Gasteiger charge is 2.41. The summed E-state index contributed by atoms with van der Waals surface area (Å²) in [4.78, 5) is 4.59. The van der Waals surface area contributed by atoms with E-state index in [1.165, 1.54) is 6.42 Å². The molecule has 3 heterocycles. The molecule has 3 N–H and O–H groups in total. The Morgan fingerprint density at radius 2 is 2.09 bits per heavy atom. The Morgan fingerprint density at radius 3 is 2.68 bits per heavy atom. The van der Waals surface area contributed by atoms with Gasteiger partial charge in [0, 0.05) is 32.6 Å². The first-order chi connectivity index (χ1) is 10.2. The van der Waals surface area contributed by atoms with Crippen LogP contribution in [0.1, 0.15) is 39.0 Å². The second-order valence-corrected chi connectivity index (χ2v) is 6.39. The predicted octanol–water partition coefficient (Wildman–Crippen LogP) is 1.02. The van der Waals surface area contributed by atoms with Crippen molar-refractivity contribution in [3.8, 4) is 0 Å². The lowest BCUT2D eigenvalue weighted by molar-refractivity contribution is -0.0566. The van der Waals surface area contributed by atoms with Crippen LogP contribution in [0.15, 0.2) is 4.99 Å². The minimum absolute atomic E-state index is 0. The largest absolute Gasteiger partial charge is 0.388 e. The summed E-state index contributed by atoms with van der Waals surface area (Å²) in [6, 6.07) is 0.353. The zero-order valence-corrected chi connectivity index (χ0v) is 15.5. The molecule has 0 aromatic carbocycles. The lowest BCUT2D eigenvalue weighted by Gasteiger charge is -2.31. The van der Waals surface area contributed by atoms with Crippen LogP contribution in [0.4, 0.5) is 0 Å². The van der Waals surface area contributed by atoms with E-state index in [1.807, 2.05) is 0 Å². The lowest BCUT2D eigenvalue weighted by atomic mass is 9.94. The molecule has 0 spiro atoms. The number of guanidine groups is 1. The molecule has 0 amide bonds. The number of nitrogens with zero attached hydrogens (tertiary/aromatic N) is 1. The topological polar surface area (TPSA) is 75.1 Å². The smallest absolute Gasteiger partial charge is 0.191 e. The van der Waals surface area contributed by atoms with E-state index in [0.29, 0.717) is 50.8 Å². The van der Waals surface area contributed by atoms with Gasteiger partial charge >= 0.3 is 0 Å². The number of hydrogen-bond donors (Lipinski definition) is 3. The molecule has 3 aliphatic heterocycles. The van der Waals surface area contributed by atoms with Crippen LogP contribution in [-0.4, -0.2) is 61.2 Å². The van der Waals surface area contributed by atoms with E-state index >= 15 is 0 Å². The number of fused-ring (bicyclic) bond motifs is 2. The van der Waals surface area contributed by atoms with Crippen LogP contribution in [0.2, 0.25) is 0 Å². The fourth-order valence-corrected chi connectivity index (χ4v) is 3.42. The summed E-state index contributed by atoms with van der Waals surface area (Å²) in [5.74, 6) is 0.790. The van der Waals surface area contributed by atoms with Crippen LogP contribution in [-0.2, 0) is 9.47 Å². The molecule has 3 atom stereocenters. The minimum atomic E-state index is -0.716. The van der Waals surface area contributed by atoms with Gasteiger partial charge in [-0.2, -0.15) is 0 Å². The molecule has 22 heavy (non-hydrogen) atoms. The number of rotatable bonds is 4. The van der Waals surface area contributed by atoms with Gasteiger partial charge in [-0.3, -0.25) is 4.99 Å². The molecular formula is C15H28IN3O3. The van der Waals surface area contributed by atoms with Gasteiger partial charge in [0.1, 0.15) is 0 Å². The van der Waals surface area contributed by atoms with Gasteiger partial charge in [-0.15, -0.1) is 24.0 Å². The van der Waals surface area contributed by atoms with Gasteiger partial charge in [-0.25, -0.2) is 0 Å². The summed E-state index contributed by atoms with van der Waals surface area (Å²) in [5.41, 5.74) is -0.716. The SMILES string of the molecule is CCNC(=NCC1(O)CCOCC1)NC1CC2CCC1O2.I.